The first-order chi connectivity index (χ1) is 13.3. The lowest BCUT2D eigenvalue weighted by Gasteiger charge is -2.35. The number of hydrogen-bond donors (Lipinski definition) is 1. The molecule has 11 nitrogen and oxygen atoms in total. The van der Waals surface area contributed by atoms with E-state index in [-0.39, 0.29) is 24.0 Å². The number of aromatic nitrogens is 4. The Hall–Kier alpha value is -3.33. The molecule has 2 aromatic heterocycles. The van der Waals surface area contributed by atoms with Crippen LogP contribution in [0, 0.1) is 11.3 Å². The number of nitrogens with one attached hydrogen (secondary N) is 1. The van der Waals surface area contributed by atoms with Gasteiger partial charge in [-0.05, 0) is 17.7 Å². The molecule has 1 fully saturated rings. The lowest BCUT2D eigenvalue weighted by molar-refractivity contribution is -0.130. The fraction of sp³-hybridized carbons (Fsp3) is 0.375. The maximum Gasteiger partial charge on any atom is 0.236 e. The van der Waals surface area contributed by atoms with Crippen LogP contribution in [0.4, 0.5) is 11.8 Å². The van der Waals surface area contributed by atoms with Crippen molar-refractivity contribution in [2.45, 2.75) is 6.42 Å². The summed E-state index contributed by atoms with van der Waals surface area (Å²) >= 11 is 0. The van der Waals surface area contributed by atoms with Gasteiger partial charge in [0.05, 0.1) is 12.7 Å². The third-order valence-electron chi connectivity index (χ3n) is 4.06. The Labute approximate surface area is 162 Å². The molecule has 0 aliphatic carbocycles. The van der Waals surface area contributed by atoms with E-state index in [9.17, 15) is 13.2 Å². The van der Waals surface area contributed by atoms with Crippen LogP contribution in [0.2, 0.25) is 0 Å². The highest BCUT2D eigenvalue weighted by molar-refractivity contribution is 7.91. The number of hydrogen-bond acceptors (Lipinski definition) is 9. The third-order valence-corrected chi connectivity index (χ3v) is 4.61. The largest absolute Gasteiger partial charge is 0.352 e. The minimum atomic E-state index is -3.44. The van der Waals surface area contributed by atoms with Crippen LogP contribution in [0.5, 0.6) is 0 Å². The van der Waals surface area contributed by atoms with Crippen LogP contribution in [0.3, 0.4) is 0 Å². The van der Waals surface area contributed by atoms with E-state index in [0.29, 0.717) is 37.6 Å². The molecule has 1 saturated heterocycles. The molecule has 1 N–H and O–H groups in total. The van der Waals surface area contributed by atoms with Crippen molar-refractivity contribution >= 4 is 27.7 Å². The number of nitriles is 1. The summed E-state index contributed by atoms with van der Waals surface area (Å²) in [7, 11) is -3.44. The Kier molecular flexibility index (Phi) is 5.65. The summed E-state index contributed by atoms with van der Waals surface area (Å²) in [6.45, 7) is 2.30. The topological polar surface area (TPSA) is 145 Å². The second-order valence-electron chi connectivity index (χ2n) is 6.22. The molecule has 0 bridgehead atoms. The van der Waals surface area contributed by atoms with Crippen LogP contribution < -0.4 is 9.62 Å². The Morgan fingerprint density at radius 2 is 1.86 bits per heavy atom. The summed E-state index contributed by atoms with van der Waals surface area (Å²) in [5.41, 5.74) is 0.863. The van der Waals surface area contributed by atoms with E-state index in [1.54, 1.807) is 17.0 Å². The van der Waals surface area contributed by atoms with Crippen LogP contribution >= 0.6 is 0 Å². The average Bonchev–Trinajstić information content (AvgIpc) is 2.68. The summed E-state index contributed by atoms with van der Waals surface area (Å²) in [6.07, 6.45) is 4.01. The van der Waals surface area contributed by atoms with Crippen LogP contribution in [0.25, 0.3) is 0 Å². The first kappa shape index (κ1) is 19.4. The van der Waals surface area contributed by atoms with Gasteiger partial charge in [0.2, 0.25) is 21.9 Å². The third kappa shape index (κ3) is 5.10. The van der Waals surface area contributed by atoms with Crippen molar-refractivity contribution in [2.24, 2.45) is 0 Å². The number of rotatable bonds is 5. The molecule has 12 heteroatoms. The molecule has 0 radical (unpaired) electrons. The van der Waals surface area contributed by atoms with Crippen molar-refractivity contribution in [1.82, 2.24) is 25.1 Å². The van der Waals surface area contributed by atoms with Gasteiger partial charge in [0.1, 0.15) is 6.07 Å². The van der Waals surface area contributed by atoms with Gasteiger partial charge in [0.25, 0.3) is 0 Å². The van der Waals surface area contributed by atoms with E-state index in [4.69, 9.17) is 5.26 Å². The van der Waals surface area contributed by atoms with Crippen molar-refractivity contribution in [3.8, 4) is 6.07 Å². The highest BCUT2D eigenvalue weighted by Gasteiger charge is 2.22. The molecule has 3 rings (SSSR count). The zero-order valence-electron chi connectivity index (χ0n) is 15.1. The normalized spacial score (nSPS) is 14.4. The van der Waals surface area contributed by atoms with Crippen molar-refractivity contribution in [3.05, 3.63) is 35.8 Å². The van der Waals surface area contributed by atoms with Crippen LogP contribution in [0.15, 0.2) is 24.5 Å². The van der Waals surface area contributed by atoms with Crippen molar-refractivity contribution in [2.75, 3.05) is 42.1 Å². The van der Waals surface area contributed by atoms with Gasteiger partial charge in [-0.2, -0.15) is 5.26 Å². The molecule has 0 aromatic carbocycles. The maximum absolute atomic E-state index is 12.5. The van der Waals surface area contributed by atoms with Crippen LogP contribution in [-0.2, 0) is 21.2 Å². The van der Waals surface area contributed by atoms with Gasteiger partial charge in [0.15, 0.2) is 11.5 Å². The Balaban J connectivity index is 1.53. The van der Waals surface area contributed by atoms with Gasteiger partial charge >= 0.3 is 0 Å². The fourth-order valence-electron chi connectivity index (χ4n) is 2.69. The van der Waals surface area contributed by atoms with Crippen LogP contribution in [0.1, 0.15) is 11.3 Å². The molecule has 0 unspecified atom stereocenters. The van der Waals surface area contributed by atoms with Gasteiger partial charge in [-0.15, -0.1) is 10.2 Å². The van der Waals surface area contributed by atoms with Gasteiger partial charge in [-0.1, -0.05) is 0 Å². The molecule has 2 aromatic rings. The van der Waals surface area contributed by atoms with Crippen molar-refractivity contribution < 1.29 is 13.2 Å². The molecule has 28 heavy (non-hydrogen) atoms. The molecule has 1 aliphatic heterocycles. The van der Waals surface area contributed by atoms with E-state index in [1.807, 2.05) is 11.0 Å². The van der Waals surface area contributed by atoms with E-state index in [0.717, 1.165) is 6.26 Å². The molecule has 0 atom stereocenters. The molecule has 0 saturated carbocycles. The Morgan fingerprint density at radius 3 is 2.39 bits per heavy atom. The molecule has 146 valence electrons. The second-order valence-corrected chi connectivity index (χ2v) is 7.97. The highest BCUT2D eigenvalue weighted by atomic mass is 32.2. The zero-order valence-corrected chi connectivity index (χ0v) is 15.9. The highest BCUT2D eigenvalue weighted by Crippen LogP contribution is 2.14. The number of carbonyl (C=O) groups excluding carboxylic acids is 1. The molecule has 1 amide bonds. The summed E-state index contributed by atoms with van der Waals surface area (Å²) in [6, 6.07) is 5.28. The molecular weight excluding hydrogens is 384 g/mol. The summed E-state index contributed by atoms with van der Waals surface area (Å²) in [5.74, 6) is 0.585. The molecule has 1 aliphatic rings. The molecule has 0 spiro atoms. The Morgan fingerprint density at radius 1 is 1.18 bits per heavy atom. The van der Waals surface area contributed by atoms with Crippen molar-refractivity contribution in [1.29, 1.82) is 5.26 Å². The summed E-state index contributed by atoms with van der Waals surface area (Å²) in [4.78, 5) is 24.1. The number of anilines is 2. The molecular formula is C16H18N8O3S. The predicted molar refractivity (Wildman–Crippen MR) is 99.7 cm³/mol. The number of amides is 1. The number of sulfonamides is 1. The van der Waals surface area contributed by atoms with Crippen LogP contribution in [-0.4, -0.2) is 71.8 Å². The lowest BCUT2D eigenvalue weighted by atomic mass is 10.2. The minimum Gasteiger partial charge on any atom is -0.352 e. The van der Waals surface area contributed by atoms with Gasteiger partial charge in [-0.3, -0.25) is 9.52 Å². The first-order valence-corrected chi connectivity index (χ1v) is 10.3. The lowest BCUT2D eigenvalue weighted by Crippen LogP contribution is -2.49. The zero-order chi connectivity index (χ0) is 20.1. The van der Waals surface area contributed by atoms with E-state index in [1.165, 1.54) is 12.4 Å². The minimum absolute atomic E-state index is 0.0316. The number of nitrogens with zero attached hydrogens (tertiary/aromatic N) is 7. The Bertz CT molecular complexity index is 978. The monoisotopic (exact) mass is 402 g/mol. The summed E-state index contributed by atoms with van der Waals surface area (Å²) in [5, 5.41) is 16.6. The van der Waals surface area contributed by atoms with Crippen molar-refractivity contribution in [3.63, 3.8) is 0 Å². The van der Waals surface area contributed by atoms with E-state index in [2.05, 4.69) is 24.9 Å². The van der Waals surface area contributed by atoms with Gasteiger partial charge in [0, 0.05) is 38.6 Å². The number of piperazine rings is 1. The maximum atomic E-state index is 12.5. The predicted octanol–water partition coefficient (Wildman–Crippen LogP) is -0.599. The van der Waals surface area contributed by atoms with E-state index >= 15 is 0 Å². The van der Waals surface area contributed by atoms with E-state index < -0.39 is 10.0 Å². The quantitative estimate of drug-likeness (QED) is 0.693. The smallest absolute Gasteiger partial charge is 0.236 e. The fourth-order valence-corrected chi connectivity index (χ4v) is 3.13. The average molecular weight is 402 g/mol. The molecule has 3 heterocycles. The van der Waals surface area contributed by atoms with Gasteiger partial charge < -0.3 is 9.80 Å². The second kappa shape index (κ2) is 8.13. The SMILES string of the molecule is CS(=O)(=O)Nc1ncc(CC(=O)N2CCN(c3ccc(C#N)nn3)CC2)cn1. The first-order valence-electron chi connectivity index (χ1n) is 8.39. The van der Waals surface area contributed by atoms with Gasteiger partial charge in [-0.25, -0.2) is 18.4 Å². The summed E-state index contributed by atoms with van der Waals surface area (Å²) < 4.78 is 24.5. The standard InChI is InChI=1S/C16H18N8O3S/c1-28(26,27)22-16-18-10-12(11-19-16)8-15(25)24-6-4-23(5-7-24)14-3-2-13(9-17)20-21-14/h2-3,10-11H,4-8H2,1H3,(H,18,19,22). The number of carbonyl (C=O) groups is 1.